The number of pyridine rings is 1. The molecule has 0 fully saturated rings. The lowest BCUT2D eigenvalue weighted by molar-refractivity contribution is 0.111. The maximum Gasteiger partial charge on any atom is 0.168 e. The molecule has 0 aliphatic carbocycles. The van der Waals surface area contributed by atoms with Crippen molar-refractivity contribution in [1.82, 2.24) is 9.38 Å². The first-order chi connectivity index (χ1) is 8.20. The number of carbonyl (C=O) groups excluding carboxylic acids is 1. The number of rotatable bonds is 1. The highest BCUT2D eigenvalue weighted by Gasteiger charge is 2.10. The second-order valence-corrected chi connectivity index (χ2v) is 3.97. The average molecular weight is 226 g/mol. The summed E-state index contributed by atoms with van der Waals surface area (Å²) in [5.41, 5.74) is 2.86. The maximum absolute atomic E-state index is 11.1. The van der Waals surface area contributed by atoms with Crippen LogP contribution in [0.15, 0.2) is 30.3 Å². The largest absolute Gasteiger partial charge is 0.508 e. The van der Waals surface area contributed by atoms with Crippen LogP contribution in [0.4, 0.5) is 0 Å². The van der Waals surface area contributed by atoms with Gasteiger partial charge < -0.3 is 5.11 Å². The number of phenols is 1. The van der Waals surface area contributed by atoms with Gasteiger partial charge in [-0.05, 0) is 37.3 Å². The minimum Gasteiger partial charge on any atom is -0.508 e. The van der Waals surface area contributed by atoms with Crippen molar-refractivity contribution in [3.8, 4) is 5.75 Å². The van der Waals surface area contributed by atoms with Crippen molar-refractivity contribution >= 4 is 22.8 Å². The molecule has 0 aliphatic heterocycles. The van der Waals surface area contributed by atoms with E-state index in [1.807, 2.05) is 19.1 Å². The van der Waals surface area contributed by atoms with Crippen molar-refractivity contribution in [3.63, 3.8) is 0 Å². The van der Waals surface area contributed by atoms with Crippen LogP contribution in [0.25, 0.3) is 16.6 Å². The second kappa shape index (κ2) is 3.31. The number of phenolic OH excluding ortho intramolecular Hbond substituents is 1. The first kappa shape index (κ1) is 9.84. The summed E-state index contributed by atoms with van der Waals surface area (Å²) in [6, 6.07) is 8.77. The number of aromatic hydroxyl groups is 1. The van der Waals surface area contributed by atoms with Crippen molar-refractivity contribution in [3.05, 3.63) is 41.7 Å². The van der Waals surface area contributed by atoms with Crippen molar-refractivity contribution in [2.24, 2.45) is 0 Å². The molecular formula is C13H10N2O2. The van der Waals surface area contributed by atoms with Crippen LogP contribution in [0.1, 0.15) is 16.2 Å². The predicted octanol–water partition coefficient (Wildman–Crippen LogP) is 2.31. The Balaban J connectivity index is 2.57. The van der Waals surface area contributed by atoms with Crippen LogP contribution in [0, 0.1) is 6.92 Å². The molecule has 4 heteroatoms. The van der Waals surface area contributed by atoms with Crippen LogP contribution in [0.5, 0.6) is 5.75 Å². The van der Waals surface area contributed by atoms with Crippen molar-refractivity contribution in [2.45, 2.75) is 6.92 Å². The number of carbonyl (C=O) groups is 1. The summed E-state index contributed by atoms with van der Waals surface area (Å²) >= 11 is 0. The lowest BCUT2D eigenvalue weighted by atomic mass is 10.2. The highest BCUT2D eigenvalue weighted by atomic mass is 16.3. The van der Waals surface area contributed by atoms with Gasteiger partial charge in [0, 0.05) is 5.39 Å². The third-order valence-electron chi connectivity index (χ3n) is 2.90. The molecule has 84 valence electrons. The molecule has 1 aromatic carbocycles. The average Bonchev–Trinajstić information content (AvgIpc) is 2.64. The summed E-state index contributed by atoms with van der Waals surface area (Å²) in [6.07, 6.45) is 0.807. The van der Waals surface area contributed by atoms with E-state index in [4.69, 9.17) is 0 Å². The normalized spacial score (nSPS) is 11.1. The summed E-state index contributed by atoms with van der Waals surface area (Å²) in [5, 5.41) is 10.3. The fraction of sp³-hybridized carbons (Fsp3) is 0.0769. The number of benzene rings is 1. The Morgan fingerprint density at radius 3 is 2.88 bits per heavy atom. The summed E-state index contributed by atoms with van der Waals surface area (Å²) < 4.78 is 1.80. The number of hydrogen-bond donors (Lipinski definition) is 1. The van der Waals surface area contributed by atoms with E-state index in [0.717, 1.165) is 22.8 Å². The Morgan fingerprint density at radius 1 is 1.29 bits per heavy atom. The van der Waals surface area contributed by atoms with Gasteiger partial charge in [0.15, 0.2) is 6.29 Å². The zero-order valence-corrected chi connectivity index (χ0v) is 9.21. The topological polar surface area (TPSA) is 54.6 Å². The molecule has 0 bridgehead atoms. The molecule has 3 aromatic rings. The van der Waals surface area contributed by atoms with E-state index >= 15 is 0 Å². The number of imidazole rings is 1. The van der Waals surface area contributed by atoms with Gasteiger partial charge in [-0.3, -0.25) is 9.20 Å². The van der Waals surface area contributed by atoms with Crippen LogP contribution in [0.2, 0.25) is 0 Å². The Kier molecular flexibility index (Phi) is 1.92. The SMILES string of the molecule is Cc1nc2ccc3cc(O)ccc3n2c1C=O. The highest BCUT2D eigenvalue weighted by molar-refractivity contribution is 5.87. The molecule has 0 aliphatic rings. The van der Waals surface area contributed by atoms with E-state index in [2.05, 4.69) is 4.98 Å². The number of aryl methyl sites for hydroxylation is 1. The van der Waals surface area contributed by atoms with Gasteiger partial charge in [-0.25, -0.2) is 4.98 Å². The smallest absolute Gasteiger partial charge is 0.168 e. The van der Waals surface area contributed by atoms with E-state index in [1.54, 1.807) is 22.6 Å². The Labute approximate surface area is 97.1 Å². The minimum absolute atomic E-state index is 0.210. The molecule has 17 heavy (non-hydrogen) atoms. The number of aromatic nitrogens is 2. The lowest BCUT2D eigenvalue weighted by Gasteiger charge is -2.03. The van der Waals surface area contributed by atoms with Crippen molar-refractivity contribution in [2.75, 3.05) is 0 Å². The fourth-order valence-electron chi connectivity index (χ4n) is 2.11. The fourth-order valence-corrected chi connectivity index (χ4v) is 2.11. The number of nitrogens with zero attached hydrogens (tertiary/aromatic N) is 2. The van der Waals surface area contributed by atoms with Crippen molar-refractivity contribution < 1.29 is 9.90 Å². The standard InChI is InChI=1S/C13H10N2O2/c1-8-12(7-16)15-11-4-3-10(17)6-9(11)2-5-13(15)14-8/h2-7,17H,1H3. The van der Waals surface area contributed by atoms with Gasteiger partial charge in [0.2, 0.25) is 0 Å². The third-order valence-corrected chi connectivity index (χ3v) is 2.90. The first-order valence-electron chi connectivity index (χ1n) is 5.26. The monoisotopic (exact) mass is 226 g/mol. The van der Waals surface area contributed by atoms with Crippen molar-refractivity contribution in [1.29, 1.82) is 0 Å². The molecule has 0 saturated heterocycles. The number of aldehydes is 1. The van der Waals surface area contributed by atoms with Crippen LogP contribution in [-0.4, -0.2) is 20.8 Å². The molecule has 4 nitrogen and oxygen atoms in total. The summed E-state index contributed by atoms with van der Waals surface area (Å²) in [5.74, 6) is 0.210. The van der Waals surface area contributed by atoms with Gasteiger partial charge in [0.1, 0.15) is 17.1 Å². The van der Waals surface area contributed by atoms with Gasteiger partial charge in [-0.1, -0.05) is 0 Å². The predicted molar refractivity (Wildman–Crippen MR) is 64.5 cm³/mol. The Hall–Kier alpha value is -2.36. The van der Waals surface area contributed by atoms with E-state index < -0.39 is 0 Å². The van der Waals surface area contributed by atoms with Gasteiger partial charge >= 0.3 is 0 Å². The molecule has 0 radical (unpaired) electrons. The Bertz CT molecular complexity index is 744. The number of hydrogen-bond acceptors (Lipinski definition) is 3. The van der Waals surface area contributed by atoms with Gasteiger partial charge in [0.05, 0.1) is 11.2 Å². The molecule has 0 spiro atoms. The number of fused-ring (bicyclic) bond motifs is 3. The molecule has 0 amide bonds. The Morgan fingerprint density at radius 2 is 2.12 bits per heavy atom. The highest BCUT2D eigenvalue weighted by Crippen LogP contribution is 2.23. The van der Waals surface area contributed by atoms with Crippen LogP contribution < -0.4 is 0 Å². The zero-order valence-electron chi connectivity index (χ0n) is 9.21. The summed E-state index contributed by atoms with van der Waals surface area (Å²) in [7, 11) is 0. The zero-order chi connectivity index (χ0) is 12.0. The van der Waals surface area contributed by atoms with E-state index in [0.29, 0.717) is 11.4 Å². The van der Waals surface area contributed by atoms with Gasteiger partial charge in [0.25, 0.3) is 0 Å². The lowest BCUT2D eigenvalue weighted by Crippen LogP contribution is -1.94. The molecule has 1 N–H and O–H groups in total. The van der Waals surface area contributed by atoms with Gasteiger partial charge in [-0.2, -0.15) is 0 Å². The van der Waals surface area contributed by atoms with E-state index in [1.165, 1.54) is 0 Å². The molecule has 0 atom stereocenters. The maximum atomic E-state index is 11.1. The first-order valence-corrected chi connectivity index (χ1v) is 5.26. The molecule has 2 aromatic heterocycles. The quantitative estimate of drug-likeness (QED) is 0.648. The minimum atomic E-state index is 0.210. The molecular weight excluding hydrogens is 216 g/mol. The molecule has 0 unspecified atom stereocenters. The van der Waals surface area contributed by atoms with Crippen LogP contribution in [0.3, 0.4) is 0 Å². The molecule has 3 rings (SSSR count). The van der Waals surface area contributed by atoms with Gasteiger partial charge in [-0.15, -0.1) is 0 Å². The van der Waals surface area contributed by atoms with Crippen LogP contribution in [-0.2, 0) is 0 Å². The summed E-state index contributed by atoms with van der Waals surface area (Å²) in [4.78, 5) is 15.4. The van der Waals surface area contributed by atoms with E-state index in [9.17, 15) is 9.90 Å². The van der Waals surface area contributed by atoms with Crippen LogP contribution >= 0.6 is 0 Å². The third kappa shape index (κ3) is 1.30. The molecule has 2 heterocycles. The molecule has 0 saturated carbocycles. The summed E-state index contributed by atoms with van der Waals surface area (Å²) in [6.45, 7) is 1.81. The second-order valence-electron chi connectivity index (χ2n) is 3.97. The van der Waals surface area contributed by atoms with E-state index in [-0.39, 0.29) is 5.75 Å².